The summed E-state index contributed by atoms with van der Waals surface area (Å²) in [6.45, 7) is 1.71. The fraction of sp³-hybridized carbons (Fsp3) is 0.250. The summed E-state index contributed by atoms with van der Waals surface area (Å²) in [5.74, 6) is 0.604. The molecule has 0 spiro atoms. The number of nitriles is 1. The highest BCUT2D eigenvalue weighted by atomic mass is 32.1. The number of hydrogen-bond acceptors (Lipinski definition) is 8. The van der Waals surface area contributed by atoms with E-state index in [1.165, 1.54) is 11.3 Å². The first-order chi connectivity index (χ1) is 14.1. The second kappa shape index (κ2) is 8.72. The molecule has 146 valence electrons. The maximum absolute atomic E-state index is 9.40. The van der Waals surface area contributed by atoms with Gasteiger partial charge in [-0.3, -0.25) is 4.90 Å². The van der Waals surface area contributed by atoms with E-state index in [4.69, 9.17) is 10.2 Å². The molecule has 0 bridgehead atoms. The minimum absolute atomic E-state index is 0.225. The number of hydrogen-bond donors (Lipinski definition) is 3. The normalized spacial score (nSPS) is 16.5. The smallest absolute Gasteiger partial charge is 0.423 e. The van der Waals surface area contributed by atoms with Crippen LogP contribution in [-0.2, 0) is 6.54 Å². The van der Waals surface area contributed by atoms with Crippen LogP contribution in [0.25, 0.3) is 0 Å². The molecule has 0 aliphatic carbocycles. The van der Waals surface area contributed by atoms with Gasteiger partial charge in [0.05, 0.1) is 23.4 Å². The fourth-order valence-electron chi connectivity index (χ4n) is 3.61. The highest BCUT2D eigenvalue weighted by Gasteiger charge is 2.28. The number of benzene rings is 1. The Labute approximate surface area is 173 Å². The fourth-order valence-corrected chi connectivity index (χ4v) is 4.38. The molecule has 2 aromatic heterocycles. The van der Waals surface area contributed by atoms with Crippen molar-refractivity contribution in [1.82, 2.24) is 14.9 Å². The van der Waals surface area contributed by atoms with Gasteiger partial charge in [0.15, 0.2) is 5.13 Å². The van der Waals surface area contributed by atoms with E-state index in [1.54, 1.807) is 24.4 Å². The molecule has 0 saturated carbocycles. The van der Waals surface area contributed by atoms with Gasteiger partial charge in [-0.2, -0.15) is 5.26 Å². The lowest BCUT2D eigenvalue weighted by Gasteiger charge is -2.23. The molecule has 1 aliphatic heterocycles. The lowest BCUT2D eigenvalue weighted by molar-refractivity contribution is 0.245. The summed E-state index contributed by atoms with van der Waals surface area (Å²) >= 11 is 1.52. The minimum atomic E-state index is -1.45. The zero-order valence-electron chi connectivity index (χ0n) is 15.7. The molecule has 3 N–H and O–H groups in total. The molecule has 0 radical (unpaired) electrons. The summed E-state index contributed by atoms with van der Waals surface area (Å²) < 4.78 is 0. The Morgan fingerprint density at radius 2 is 2.21 bits per heavy atom. The molecule has 1 fully saturated rings. The van der Waals surface area contributed by atoms with Gasteiger partial charge < -0.3 is 15.4 Å². The molecule has 9 heteroatoms. The number of pyridine rings is 1. The largest absolute Gasteiger partial charge is 0.488 e. The Kier molecular flexibility index (Phi) is 5.88. The molecule has 1 unspecified atom stereocenters. The van der Waals surface area contributed by atoms with E-state index in [0.717, 1.165) is 42.3 Å². The SMILES string of the molecule is N#Cc1ccnc(Nc2nc(C3CCCN3Cc3cccc(B(O)O)c3)cs2)c1. The van der Waals surface area contributed by atoms with E-state index in [0.29, 0.717) is 16.8 Å². The summed E-state index contributed by atoms with van der Waals surface area (Å²) in [6, 6.07) is 13.1. The number of aromatic nitrogens is 2. The Bertz CT molecular complexity index is 1040. The number of rotatable bonds is 6. The Balaban J connectivity index is 1.46. The summed E-state index contributed by atoms with van der Waals surface area (Å²) in [5.41, 5.74) is 3.13. The van der Waals surface area contributed by atoms with E-state index >= 15 is 0 Å². The summed E-state index contributed by atoms with van der Waals surface area (Å²) in [4.78, 5) is 11.4. The van der Waals surface area contributed by atoms with Gasteiger partial charge in [0.25, 0.3) is 0 Å². The van der Waals surface area contributed by atoms with E-state index in [1.807, 2.05) is 18.2 Å². The molecule has 3 aromatic rings. The molecular weight excluding hydrogens is 385 g/mol. The first kappa shape index (κ1) is 19.5. The van der Waals surface area contributed by atoms with Crippen molar-refractivity contribution in [2.75, 3.05) is 11.9 Å². The third-order valence-corrected chi connectivity index (χ3v) is 5.76. The number of likely N-dealkylation sites (tertiary alicyclic amines) is 1. The van der Waals surface area contributed by atoms with Crippen molar-refractivity contribution < 1.29 is 10.0 Å². The maximum atomic E-state index is 9.40. The van der Waals surface area contributed by atoms with Crippen LogP contribution in [0.2, 0.25) is 0 Å². The molecule has 1 aliphatic rings. The second-order valence-corrected chi connectivity index (χ2v) is 7.85. The Morgan fingerprint density at radius 3 is 3.03 bits per heavy atom. The van der Waals surface area contributed by atoms with Gasteiger partial charge in [-0.1, -0.05) is 24.3 Å². The Hall–Kier alpha value is -2.77. The van der Waals surface area contributed by atoms with Crippen LogP contribution in [0.1, 0.15) is 35.7 Å². The van der Waals surface area contributed by atoms with Crippen LogP contribution < -0.4 is 10.8 Å². The molecule has 0 amide bonds. The van der Waals surface area contributed by atoms with Crippen LogP contribution in [0.3, 0.4) is 0 Å². The van der Waals surface area contributed by atoms with Gasteiger partial charge in [0.1, 0.15) is 5.82 Å². The maximum Gasteiger partial charge on any atom is 0.488 e. The molecule has 1 aromatic carbocycles. The summed E-state index contributed by atoms with van der Waals surface area (Å²) in [6.07, 6.45) is 3.73. The second-order valence-electron chi connectivity index (χ2n) is 6.99. The standard InChI is InChI=1S/C20H20BN5O2S/c22-11-14-6-7-23-19(10-14)25-20-24-17(13-29-20)18-5-2-8-26(18)12-15-3-1-4-16(9-15)21(27)28/h1,3-4,6-7,9-10,13,18,27-28H,2,5,8,12H2,(H,23,24,25). The molecule has 1 atom stereocenters. The monoisotopic (exact) mass is 405 g/mol. The predicted molar refractivity (Wildman–Crippen MR) is 113 cm³/mol. The zero-order chi connectivity index (χ0) is 20.2. The average molecular weight is 405 g/mol. The first-order valence-electron chi connectivity index (χ1n) is 9.40. The van der Waals surface area contributed by atoms with Gasteiger partial charge in [-0.05, 0) is 42.5 Å². The molecule has 4 rings (SSSR count). The first-order valence-corrected chi connectivity index (χ1v) is 10.3. The molecule has 29 heavy (non-hydrogen) atoms. The van der Waals surface area contributed by atoms with Crippen molar-refractivity contribution in [3.63, 3.8) is 0 Å². The number of anilines is 2. The molecular formula is C20H20BN5O2S. The van der Waals surface area contributed by atoms with E-state index in [9.17, 15) is 10.0 Å². The van der Waals surface area contributed by atoms with Gasteiger partial charge >= 0.3 is 7.12 Å². The molecule has 1 saturated heterocycles. The van der Waals surface area contributed by atoms with Crippen molar-refractivity contribution in [3.05, 3.63) is 64.8 Å². The summed E-state index contributed by atoms with van der Waals surface area (Å²) in [5, 5.41) is 33.8. The topological polar surface area (TPSA) is 105 Å². The minimum Gasteiger partial charge on any atom is -0.423 e. The van der Waals surface area contributed by atoms with Crippen molar-refractivity contribution in [3.8, 4) is 6.07 Å². The zero-order valence-corrected chi connectivity index (χ0v) is 16.5. The summed E-state index contributed by atoms with van der Waals surface area (Å²) in [7, 11) is -1.45. The number of nitrogens with zero attached hydrogens (tertiary/aromatic N) is 4. The van der Waals surface area contributed by atoms with E-state index < -0.39 is 7.12 Å². The Morgan fingerprint density at radius 1 is 1.31 bits per heavy atom. The van der Waals surface area contributed by atoms with Crippen LogP contribution in [-0.4, -0.2) is 38.6 Å². The molecule has 7 nitrogen and oxygen atoms in total. The van der Waals surface area contributed by atoms with Crippen LogP contribution >= 0.6 is 11.3 Å². The number of nitrogens with one attached hydrogen (secondary N) is 1. The van der Waals surface area contributed by atoms with E-state index in [-0.39, 0.29) is 6.04 Å². The third kappa shape index (κ3) is 4.63. The lowest BCUT2D eigenvalue weighted by Crippen LogP contribution is -2.30. The third-order valence-electron chi connectivity index (χ3n) is 4.99. The van der Waals surface area contributed by atoms with Crippen LogP contribution in [0.4, 0.5) is 10.9 Å². The van der Waals surface area contributed by atoms with Crippen LogP contribution in [0, 0.1) is 11.3 Å². The average Bonchev–Trinajstić information content (AvgIpc) is 3.37. The van der Waals surface area contributed by atoms with Gasteiger partial charge in [0, 0.05) is 18.1 Å². The lowest BCUT2D eigenvalue weighted by atomic mass is 9.79. The van der Waals surface area contributed by atoms with Gasteiger partial charge in [-0.15, -0.1) is 11.3 Å². The van der Waals surface area contributed by atoms with Crippen molar-refractivity contribution in [2.45, 2.75) is 25.4 Å². The quantitative estimate of drug-likeness (QED) is 0.540. The molecule has 3 heterocycles. The van der Waals surface area contributed by atoms with Crippen LogP contribution in [0.15, 0.2) is 48.0 Å². The van der Waals surface area contributed by atoms with Gasteiger partial charge in [0.2, 0.25) is 0 Å². The highest BCUT2D eigenvalue weighted by Crippen LogP contribution is 2.35. The van der Waals surface area contributed by atoms with Gasteiger partial charge in [-0.25, -0.2) is 9.97 Å². The van der Waals surface area contributed by atoms with E-state index in [2.05, 4.69) is 26.6 Å². The van der Waals surface area contributed by atoms with Crippen molar-refractivity contribution >= 4 is 34.9 Å². The van der Waals surface area contributed by atoms with Crippen molar-refractivity contribution in [2.24, 2.45) is 0 Å². The number of thiazole rings is 1. The van der Waals surface area contributed by atoms with Crippen molar-refractivity contribution in [1.29, 1.82) is 5.26 Å². The van der Waals surface area contributed by atoms with Crippen LogP contribution in [0.5, 0.6) is 0 Å². The highest BCUT2D eigenvalue weighted by molar-refractivity contribution is 7.13. The predicted octanol–water partition coefficient (Wildman–Crippen LogP) is 2.17.